The maximum atomic E-state index is 15.1. The molecule has 7 nitrogen and oxygen atoms in total. The van der Waals surface area contributed by atoms with E-state index in [0.29, 0.717) is 29.9 Å². The molecule has 0 bridgehead atoms. The Labute approximate surface area is 251 Å². The quantitative estimate of drug-likeness (QED) is 0.183. The zero-order chi connectivity index (χ0) is 29.7. The SMILES string of the molecule is CCOC(=O)c1ccnc2ccc(Br)cc12.CCOC(=O)c1ccnc2ccc(N3CC(F)(c4ccccc4)C3)cc12. The number of nitrogens with zero attached hydrogens (tertiary/aromatic N) is 3. The van der Waals surface area contributed by atoms with E-state index in [-0.39, 0.29) is 25.0 Å². The van der Waals surface area contributed by atoms with Crippen LogP contribution in [0, 0.1) is 0 Å². The number of fused-ring (bicyclic) bond motifs is 2. The molecule has 6 rings (SSSR count). The zero-order valence-corrected chi connectivity index (χ0v) is 24.8. The molecule has 2 aromatic heterocycles. The van der Waals surface area contributed by atoms with Crippen LogP contribution in [0.5, 0.6) is 0 Å². The van der Waals surface area contributed by atoms with Gasteiger partial charge in [-0.3, -0.25) is 9.97 Å². The van der Waals surface area contributed by atoms with Crippen molar-refractivity contribution in [2.24, 2.45) is 0 Å². The molecule has 214 valence electrons. The summed E-state index contributed by atoms with van der Waals surface area (Å²) in [4.78, 5) is 34.4. The first-order chi connectivity index (χ1) is 20.3. The van der Waals surface area contributed by atoms with Gasteiger partial charge in [0.05, 0.1) is 48.5 Å². The van der Waals surface area contributed by atoms with Crippen LogP contribution in [0.15, 0.2) is 95.7 Å². The molecule has 1 aliphatic rings. The lowest BCUT2D eigenvalue weighted by Gasteiger charge is -2.46. The Morgan fingerprint density at radius 1 is 0.810 bits per heavy atom. The minimum absolute atomic E-state index is 0.289. The summed E-state index contributed by atoms with van der Waals surface area (Å²) in [5.74, 6) is -0.683. The van der Waals surface area contributed by atoms with Crippen LogP contribution in [0.2, 0.25) is 0 Å². The summed E-state index contributed by atoms with van der Waals surface area (Å²) in [5, 5.41) is 1.52. The lowest BCUT2D eigenvalue weighted by Crippen LogP contribution is -2.56. The van der Waals surface area contributed by atoms with Gasteiger partial charge in [-0.1, -0.05) is 46.3 Å². The first kappa shape index (κ1) is 29.1. The summed E-state index contributed by atoms with van der Waals surface area (Å²) in [6, 6.07) is 23.8. The molecule has 1 fully saturated rings. The number of aromatic nitrogens is 2. The Balaban J connectivity index is 0.000000189. The third kappa shape index (κ3) is 6.11. The van der Waals surface area contributed by atoms with Crippen molar-refractivity contribution < 1.29 is 23.5 Å². The highest BCUT2D eigenvalue weighted by Crippen LogP contribution is 2.39. The summed E-state index contributed by atoms with van der Waals surface area (Å²) in [7, 11) is 0. The van der Waals surface area contributed by atoms with E-state index in [1.54, 1.807) is 38.4 Å². The predicted molar refractivity (Wildman–Crippen MR) is 165 cm³/mol. The molecular weight excluding hydrogens is 601 g/mol. The van der Waals surface area contributed by atoms with Crippen LogP contribution in [0.4, 0.5) is 10.1 Å². The maximum absolute atomic E-state index is 15.1. The van der Waals surface area contributed by atoms with Crippen molar-refractivity contribution in [3.8, 4) is 0 Å². The Bertz CT molecular complexity index is 1740. The number of halogens is 2. The third-order valence-corrected chi connectivity index (χ3v) is 7.45. The van der Waals surface area contributed by atoms with Gasteiger partial charge in [0.15, 0.2) is 5.67 Å². The van der Waals surface area contributed by atoms with Gasteiger partial charge in [0, 0.05) is 33.3 Å². The summed E-state index contributed by atoms with van der Waals surface area (Å²) in [6.45, 7) is 4.83. The Hall–Kier alpha value is -4.37. The Morgan fingerprint density at radius 3 is 1.93 bits per heavy atom. The zero-order valence-electron chi connectivity index (χ0n) is 23.2. The van der Waals surface area contributed by atoms with E-state index in [1.165, 1.54) is 0 Å². The summed E-state index contributed by atoms with van der Waals surface area (Å²) < 4.78 is 26.1. The molecule has 0 atom stereocenters. The van der Waals surface area contributed by atoms with E-state index < -0.39 is 5.67 Å². The highest BCUT2D eigenvalue weighted by molar-refractivity contribution is 9.10. The molecule has 0 spiro atoms. The normalized spacial score (nSPS) is 13.6. The van der Waals surface area contributed by atoms with Crippen LogP contribution in [-0.2, 0) is 15.1 Å². The van der Waals surface area contributed by atoms with E-state index in [0.717, 1.165) is 32.0 Å². The number of benzene rings is 3. The van der Waals surface area contributed by atoms with Gasteiger partial charge in [-0.15, -0.1) is 0 Å². The average Bonchev–Trinajstić information content (AvgIpc) is 2.99. The molecule has 0 radical (unpaired) electrons. The highest BCUT2D eigenvalue weighted by Gasteiger charge is 2.45. The van der Waals surface area contributed by atoms with Crippen molar-refractivity contribution in [1.82, 2.24) is 9.97 Å². The van der Waals surface area contributed by atoms with Crippen LogP contribution >= 0.6 is 15.9 Å². The van der Waals surface area contributed by atoms with Gasteiger partial charge in [-0.2, -0.15) is 0 Å². The number of rotatable bonds is 6. The summed E-state index contributed by atoms with van der Waals surface area (Å²) >= 11 is 3.37. The molecule has 0 aliphatic carbocycles. The number of pyridine rings is 2. The molecule has 5 aromatic rings. The number of hydrogen-bond acceptors (Lipinski definition) is 7. The average molecular weight is 631 g/mol. The first-order valence-electron chi connectivity index (χ1n) is 13.6. The molecular formula is C33H29BrFN3O4. The monoisotopic (exact) mass is 629 g/mol. The van der Waals surface area contributed by atoms with Gasteiger partial charge in [-0.25, -0.2) is 14.0 Å². The smallest absolute Gasteiger partial charge is 0.338 e. The van der Waals surface area contributed by atoms with Crippen LogP contribution < -0.4 is 4.90 Å². The number of carbonyl (C=O) groups is 2. The molecule has 9 heteroatoms. The van der Waals surface area contributed by atoms with Gasteiger partial charge >= 0.3 is 11.9 Å². The van der Waals surface area contributed by atoms with E-state index >= 15 is 4.39 Å². The number of anilines is 1. The van der Waals surface area contributed by atoms with Crippen LogP contribution in [0.3, 0.4) is 0 Å². The highest BCUT2D eigenvalue weighted by atomic mass is 79.9. The number of hydrogen-bond donors (Lipinski definition) is 0. The van der Waals surface area contributed by atoms with E-state index in [2.05, 4.69) is 25.9 Å². The minimum atomic E-state index is -1.34. The van der Waals surface area contributed by atoms with E-state index in [9.17, 15) is 9.59 Å². The van der Waals surface area contributed by atoms with Crippen molar-refractivity contribution in [3.05, 3.63) is 112 Å². The molecule has 3 aromatic carbocycles. The molecule has 0 unspecified atom stereocenters. The fourth-order valence-electron chi connectivity index (χ4n) is 4.88. The largest absolute Gasteiger partial charge is 0.462 e. The first-order valence-corrected chi connectivity index (χ1v) is 14.4. The van der Waals surface area contributed by atoms with Gasteiger partial charge in [0.25, 0.3) is 0 Å². The second-order valence-corrected chi connectivity index (χ2v) is 10.6. The molecule has 3 heterocycles. The molecule has 0 N–H and O–H groups in total. The predicted octanol–water partition coefficient (Wildman–Crippen LogP) is 7.27. The molecule has 0 saturated carbocycles. The molecule has 1 saturated heterocycles. The minimum Gasteiger partial charge on any atom is -0.462 e. The topological polar surface area (TPSA) is 81.6 Å². The van der Waals surface area contributed by atoms with Crippen molar-refractivity contribution in [2.45, 2.75) is 19.5 Å². The fourth-order valence-corrected chi connectivity index (χ4v) is 5.24. The third-order valence-electron chi connectivity index (χ3n) is 6.96. The summed E-state index contributed by atoms with van der Waals surface area (Å²) in [5.41, 5.74) is 2.77. The second-order valence-electron chi connectivity index (χ2n) is 9.71. The second kappa shape index (κ2) is 12.7. The molecule has 1 aliphatic heterocycles. The number of carbonyl (C=O) groups excluding carboxylic acids is 2. The van der Waals surface area contributed by atoms with Crippen LogP contribution in [0.25, 0.3) is 21.8 Å². The fraction of sp³-hybridized carbons (Fsp3) is 0.212. The number of esters is 2. The van der Waals surface area contributed by atoms with Crippen molar-refractivity contribution in [2.75, 3.05) is 31.2 Å². The lowest BCUT2D eigenvalue weighted by molar-refractivity contribution is 0.0519. The summed E-state index contributed by atoms with van der Waals surface area (Å²) in [6.07, 6.45) is 3.21. The van der Waals surface area contributed by atoms with Crippen molar-refractivity contribution in [1.29, 1.82) is 0 Å². The number of alkyl halides is 1. The Kier molecular flexibility index (Phi) is 8.77. The van der Waals surface area contributed by atoms with E-state index in [1.807, 2.05) is 71.6 Å². The molecule has 42 heavy (non-hydrogen) atoms. The van der Waals surface area contributed by atoms with Gasteiger partial charge in [0.1, 0.15) is 0 Å². The Morgan fingerprint density at radius 2 is 1.36 bits per heavy atom. The van der Waals surface area contributed by atoms with Crippen LogP contribution in [0.1, 0.15) is 40.1 Å². The maximum Gasteiger partial charge on any atom is 0.338 e. The molecule has 0 amide bonds. The lowest BCUT2D eigenvalue weighted by atomic mass is 9.87. The van der Waals surface area contributed by atoms with Gasteiger partial charge < -0.3 is 14.4 Å². The van der Waals surface area contributed by atoms with Crippen molar-refractivity contribution in [3.63, 3.8) is 0 Å². The van der Waals surface area contributed by atoms with E-state index in [4.69, 9.17) is 9.47 Å². The standard InChI is InChI=1S/C21H19FN2O2.C12H10BrNO2/c1-2-26-20(25)17-10-11-23-19-9-8-16(12-18(17)19)24-13-21(22,14-24)15-6-4-3-5-7-15;1-2-16-12(15)9-5-6-14-11-4-3-8(13)7-10(9)11/h3-12H,2,13-14H2,1H3;3-7H,2H2,1H3. The van der Waals surface area contributed by atoms with Crippen molar-refractivity contribution >= 4 is 55.4 Å². The van der Waals surface area contributed by atoms with Gasteiger partial charge in [-0.05, 0) is 67.9 Å². The van der Waals surface area contributed by atoms with Crippen LogP contribution in [-0.4, -0.2) is 48.2 Å². The number of ether oxygens (including phenoxy) is 2. The van der Waals surface area contributed by atoms with Gasteiger partial charge in [0.2, 0.25) is 0 Å².